The number of amides is 14. The zero-order valence-electron chi connectivity index (χ0n) is 71.7. The van der Waals surface area contributed by atoms with E-state index in [-0.39, 0.29) is 114 Å². The molecule has 0 aliphatic rings. The predicted molar refractivity (Wildman–Crippen MR) is 463 cm³/mol. The molecule has 0 fully saturated rings. The Morgan fingerprint density at radius 3 is 1.22 bits per heavy atom. The second-order valence-corrected chi connectivity index (χ2v) is 32.7. The van der Waals surface area contributed by atoms with Crippen LogP contribution in [0.25, 0.3) is 10.9 Å². The van der Waals surface area contributed by atoms with Crippen LogP contribution in [0.3, 0.4) is 0 Å². The van der Waals surface area contributed by atoms with Gasteiger partial charge in [0.15, 0.2) is 5.96 Å². The Morgan fingerprint density at radius 1 is 0.402 bits per heavy atom. The van der Waals surface area contributed by atoms with Gasteiger partial charge in [-0.05, 0) is 129 Å². The van der Waals surface area contributed by atoms with E-state index in [1.54, 1.807) is 164 Å². The molecule has 14 amide bonds. The molecule has 4 aromatic carbocycles. The fourth-order valence-corrected chi connectivity index (χ4v) is 13.7. The van der Waals surface area contributed by atoms with Crippen LogP contribution in [0.2, 0.25) is 0 Å². The molecule has 0 aliphatic heterocycles. The van der Waals surface area contributed by atoms with E-state index in [9.17, 15) is 62.6 Å². The Balaban J connectivity index is 1.43. The molecule has 0 bridgehead atoms. The van der Waals surface area contributed by atoms with E-state index in [1.165, 1.54) is 0 Å². The Kier molecular flexibility index (Phi) is 42.7. The van der Waals surface area contributed by atoms with Crippen molar-refractivity contribution < 1.29 is 72.2 Å². The number of benzene rings is 4. The van der Waals surface area contributed by atoms with Crippen molar-refractivity contribution >= 4 is 99.6 Å². The Morgan fingerprint density at radius 2 is 0.770 bits per heavy atom. The standard InChI is InChI=1S/C87H130N20O15/c1-11-53(10)73(86(122)99-64(74(91)110)40-49(2)3)107-78(114)62(35-25-39-94-87(92)93)96-79(115)65(41-50(4)5)100-80(116)66(42-51(6)7)101-81(117)67(44-55-28-17-13-18-29-55)102-76(112)61(34-23-24-38-88)97-84(120)70(48-108)105-82(118)68(45-56-30-19-14-20-31-56)103-83(119)69(46-57-47-95-60-33-22-21-32-58(57)60)104-77(113)63(36-37-71(90)109)98-85(121)72(52(8)9)106-75(111)59(89)43-54-26-15-12-16-27-54/h12-22,26-33,47,49-53,59,61-70,72-73,95,108H,11,23-25,34-46,48,88-89H2,1-10H3,(H2,90,109)(H2,91,110)(H,96,115)(H,97,120)(H,98,121)(H,99,122)(H,100,116)(H,101,117)(H,102,112)(H,103,119)(H,104,113)(H,105,118)(H,106,111)(H,107,114)(H4,92,93,94)/t53-,59-,61-,62-,63-,64-,65-,66-,67-,68-,69-,70-,72-,73-/m0/s1. The first-order chi connectivity index (χ1) is 57.9. The molecule has 122 heavy (non-hydrogen) atoms. The molecule has 26 N–H and O–H groups in total. The molecular weight excluding hydrogens is 1570 g/mol. The molecule has 0 saturated carbocycles. The molecule has 668 valence electrons. The monoisotopic (exact) mass is 1700 g/mol. The molecule has 1 aromatic heterocycles. The number of guanidine groups is 1. The molecule has 0 saturated heterocycles. The number of carbonyl (C=O) groups excluding carboxylic acids is 14. The number of aromatic amines is 1. The largest absolute Gasteiger partial charge is 0.394 e. The Bertz CT molecular complexity index is 4260. The lowest BCUT2D eigenvalue weighted by Crippen LogP contribution is -2.62. The highest BCUT2D eigenvalue weighted by molar-refractivity contribution is 6.01. The lowest BCUT2D eigenvalue weighted by atomic mass is 9.96. The number of hydrogen-bond acceptors (Lipinski definition) is 18. The van der Waals surface area contributed by atoms with Crippen LogP contribution in [0.1, 0.15) is 162 Å². The first kappa shape index (κ1) is 101. The second-order valence-electron chi connectivity index (χ2n) is 32.7. The SMILES string of the molecule is CC[C@H](C)[C@H](NC(=O)[C@H](CCCNC(=N)N)NC(=O)[C@H](CC(C)C)NC(=O)[C@H](CC(C)C)NC(=O)[C@H](Cc1ccccc1)NC(=O)[C@H](CCCCN)NC(=O)[C@H](CO)NC(=O)[C@H](Cc1ccccc1)NC(=O)[C@H](Cc1c[nH]c2ccccc12)NC(=O)[C@H](CCC(N)=O)NC(=O)[C@@H](NC(=O)[C@@H](N)Cc1ccccc1)C(C)C)C(=O)N[C@@H](CC(C)C)C(N)=O. The van der Waals surface area contributed by atoms with Crippen molar-refractivity contribution in [3.05, 3.63) is 144 Å². The van der Waals surface area contributed by atoms with Crippen molar-refractivity contribution in [3.8, 4) is 0 Å². The third-order valence-electron chi connectivity index (χ3n) is 20.6. The number of rotatable bonds is 54. The van der Waals surface area contributed by atoms with E-state index in [1.807, 2.05) is 26.8 Å². The summed E-state index contributed by atoms with van der Waals surface area (Å²) in [5.74, 6) is -13.8. The van der Waals surface area contributed by atoms with Crippen LogP contribution in [0.15, 0.2) is 121 Å². The van der Waals surface area contributed by atoms with Gasteiger partial charge in [0.05, 0.1) is 12.6 Å². The maximum Gasteiger partial charge on any atom is 0.245 e. The number of para-hydroxylation sites is 1. The zero-order chi connectivity index (χ0) is 90.3. The molecular formula is C87H130N20O15. The predicted octanol–water partition coefficient (Wildman–Crippen LogP) is 0.559. The number of primary amides is 2. The Hall–Kier alpha value is -11.8. The number of aromatic nitrogens is 1. The van der Waals surface area contributed by atoms with Crippen molar-refractivity contribution in [2.45, 2.75) is 244 Å². The average molecular weight is 1700 g/mol. The summed E-state index contributed by atoms with van der Waals surface area (Å²) < 4.78 is 0. The smallest absolute Gasteiger partial charge is 0.245 e. The summed E-state index contributed by atoms with van der Waals surface area (Å²) in [6.07, 6.45) is 1.67. The summed E-state index contributed by atoms with van der Waals surface area (Å²) in [7, 11) is 0. The van der Waals surface area contributed by atoms with E-state index in [0.717, 1.165) is 5.56 Å². The summed E-state index contributed by atoms with van der Waals surface area (Å²) in [5, 5.41) is 54.6. The van der Waals surface area contributed by atoms with Gasteiger partial charge in [0.1, 0.15) is 72.5 Å². The topological polar surface area (TPSA) is 585 Å². The van der Waals surface area contributed by atoms with E-state index < -0.39 is 186 Å². The van der Waals surface area contributed by atoms with E-state index in [0.29, 0.717) is 40.4 Å². The molecule has 0 spiro atoms. The summed E-state index contributed by atoms with van der Waals surface area (Å²) in [5.41, 5.74) is 32.1. The number of fused-ring (bicyclic) bond motifs is 1. The zero-order valence-corrected chi connectivity index (χ0v) is 71.7. The molecule has 35 nitrogen and oxygen atoms in total. The normalized spacial score (nSPS) is 14.8. The minimum atomic E-state index is -1.82. The molecule has 1 heterocycles. The number of aliphatic hydroxyl groups is 1. The third kappa shape index (κ3) is 34.7. The van der Waals surface area contributed by atoms with Gasteiger partial charge in [-0.25, -0.2) is 0 Å². The van der Waals surface area contributed by atoms with Crippen LogP contribution < -0.4 is 97.8 Å². The number of nitrogens with two attached hydrogens (primary N) is 5. The molecule has 5 aromatic rings. The molecule has 0 aliphatic carbocycles. The minimum absolute atomic E-state index is 0.00218. The van der Waals surface area contributed by atoms with Gasteiger partial charge < -0.3 is 108 Å². The number of hydrogen-bond donors (Lipinski definition) is 21. The Labute approximate surface area is 713 Å². The van der Waals surface area contributed by atoms with Crippen LogP contribution in [0, 0.1) is 35.0 Å². The highest BCUT2D eigenvalue weighted by atomic mass is 16.3. The number of nitrogens with one attached hydrogen (secondary N) is 15. The maximum atomic E-state index is 15.2. The van der Waals surface area contributed by atoms with Gasteiger partial charge >= 0.3 is 0 Å². The van der Waals surface area contributed by atoms with Gasteiger partial charge in [0.2, 0.25) is 82.7 Å². The lowest BCUT2D eigenvalue weighted by Gasteiger charge is -2.30. The van der Waals surface area contributed by atoms with Crippen molar-refractivity contribution in [1.29, 1.82) is 5.41 Å². The number of H-pyrrole nitrogens is 1. The van der Waals surface area contributed by atoms with Crippen molar-refractivity contribution in [2.24, 2.45) is 58.3 Å². The van der Waals surface area contributed by atoms with Gasteiger partial charge in [0, 0.05) is 49.3 Å². The minimum Gasteiger partial charge on any atom is -0.394 e. The quantitative estimate of drug-likeness (QED) is 0.0144. The molecule has 0 unspecified atom stereocenters. The van der Waals surface area contributed by atoms with Crippen LogP contribution in [-0.2, 0) is 92.8 Å². The van der Waals surface area contributed by atoms with Gasteiger partial charge in [0.25, 0.3) is 0 Å². The number of unbranched alkanes of at least 4 members (excludes halogenated alkanes) is 1. The highest BCUT2D eigenvalue weighted by Gasteiger charge is 2.39. The summed E-state index contributed by atoms with van der Waals surface area (Å²) in [4.78, 5) is 203. The van der Waals surface area contributed by atoms with Crippen LogP contribution in [0.4, 0.5) is 0 Å². The van der Waals surface area contributed by atoms with Gasteiger partial charge in [-0.15, -0.1) is 0 Å². The number of carbonyl (C=O) groups is 14. The van der Waals surface area contributed by atoms with E-state index in [2.05, 4.69) is 74.1 Å². The van der Waals surface area contributed by atoms with Crippen molar-refractivity contribution in [2.75, 3.05) is 19.7 Å². The molecule has 14 atom stereocenters. The lowest BCUT2D eigenvalue weighted by molar-refractivity contribution is -0.137. The van der Waals surface area contributed by atoms with E-state index >= 15 is 9.59 Å². The van der Waals surface area contributed by atoms with Gasteiger partial charge in [-0.2, -0.15) is 0 Å². The fraction of sp³-hybridized carbons (Fsp3) is 0.529. The second kappa shape index (κ2) is 51.7. The van der Waals surface area contributed by atoms with Gasteiger partial charge in [-0.1, -0.05) is 185 Å². The average Bonchev–Trinajstić information content (AvgIpc) is 1.61. The molecule has 5 rings (SSSR count). The van der Waals surface area contributed by atoms with E-state index in [4.69, 9.17) is 34.1 Å². The third-order valence-corrected chi connectivity index (χ3v) is 20.6. The summed E-state index contributed by atoms with van der Waals surface area (Å²) in [6, 6.07) is 15.0. The fourth-order valence-electron chi connectivity index (χ4n) is 13.7. The molecule has 0 radical (unpaired) electrons. The first-order valence-electron chi connectivity index (χ1n) is 42.0. The van der Waals surface area contributed by atoms with Crippen molar-refractivity contribution in [3.63, 3.8) is 0 Å². The van der Waals surface area contributed by atoms with Crippen LogP contribution in [-0.4, -0.2) is 197 Å². The highest BCUT2D eigenvalue weighted by Crippen LogP contribution is 2.22. The summed E-state index contributed by atoms with van der Waals surface area (Å²) in [6.45, 7) is 17.0. The first-order valence-corrected chi connectivity index (χ1v) is 42.0. The maximum absolute atomic E-state index is 15.2. The van der Waals surface area contributed by atoms with Crippen molar-refractivity contribution in [1.82, 2.24) is 74.1 Å². The molecule has 35 heteroatoms. The number of aliphatic hydroxyl groups excluding tert-OH is 1. The van der Waals surface area contributed by atoms with Crippen LogP contribution in [0.5, 0.6) is 0 Å². The van der Waals surface area contributed by atoms with Crippen LogP contribution >= 0.6 is 0 Å². The van der Waals surface area contributed by atoms with Gasteiger partial charge in [-0.3, -0.25) is 72.5 Å². The summed E-state index contributed by atoms with van der Waals surface area (Å²) >= 11 is 0.